The molecule has 0 radical (unpaired) electrons. The summed E-state index contributed by atoms with van der Waals surface area (Å²) in [6.45, 7) is 5.50. The lowest BCUT2D eigenvalue weighted by Gasteiger charge is -2.10. The zero-order valence-corrected chi connectivity index (χ0v) is 12.6. The fraction of sp³-hybridized carbons (Fsp3) is 0.571. The van der Waals surface area contributed by atoms with E-state index >= 15 is 0 Å². The molecular formula is C14H20ClN3O2. The maximum Gasteiger partial charge on any atom is 0.292 e. The Labute approximate surface area is 124 Å². The van der Waals surface area contributed by atoms with Crippen molar-refractivity contribution in [2.75, 3.05) is 18.5 Å². The molecule has 0 amide bonds. The van der Waals surface area contributed by atoms with Crippen LogP contribution >= 0.6 is 11.6 Å². The molecule has 0 spiro atoms. The van der Waals surface area contributed by atoms with Crippen molar-refractivity contribution in [2.45, 2.75) is 39.3 Å². The Morgan fingerprint density at radius 1 is 1.55 bits per heavy atom. The number of ether oxygens (including phenoxy) is 1. The van der Waals surface area contributed by atoms with Crippen LogP contribution in [0.4, 0.5) is 5.69 Å². The second-order valence-electron chi connectivity index (χ2n) is 4.59. The molecule has 1 N–H and O–H groups in total. The van der Waals surface area contributed by atoms with Crippen LogP contribution in [0.15, 0.2) is 11.0 Å². The van der Waals surface area contributed by atoms with E-state index in [1.54, 1.807) is 0 Å². The van der Waals surface area contributed by atoms with Gasteiger partial charge in [0.1, 0.15) is 12.2 Å². The van der Waals surface area contributed by atoms with Gasteiger partial charge in [-0.25, -0.2) is 4.68 Å². The highest BCUT2D eigenvalue weighted by atomic mass is 35.5. The van der Waals surface area contributed by atoms with Gasteiger partial charge in [0.25, 0.3) is 5.56 Å². The van der Waals surface area contributed by atoms with E-state index in [0.717, 1.165) is 12.8 Å². The van der Waals surface area contributed by atoms with E-state index < -0.39 is 0 Å². The van der Waals surface area contributed by atoms with Crippen molar-refractivity contribution >= 4 is 17.3 Å². The average Bonchev–Trinajstić information content (AvgIpc) is 2.40. The number of nitrogens with one attached hydrogen (secondary N) is 1. The van der Waals surface area contributed by atoms with Crippen LogP contribution in [0.3, 0.4) is 0 Å². The maximum absolute atomic E-state index is 12.0. The van der Waals surface area contributed by atoms with Crippen molar-refractivity contribution < 1.29 is 4.74 Å². The third-order valence-electron chi connectivity index (χ3n) is 2.56. The second-order valence-corrected chi connectivity index (χ2v) is 5.00. The van der Waals surface area contributed by atoms with E-state index in [0.29, 0.717) is 23.9 Å². The summed E-state index contributed by atoms with van der Waals surface area (Å²) in [7, 11) is 0. The van der Waals surface area contributed by atoms with E-state index in [1.807, 2.05) is 13.8 Å². The fourth-order valence-electron chi connectivity index (χ4n) is 1.59. The van der Waals surface area contributed by atoms with Gasteiger partial charge in [-0.15, -0.1) is 6.42 Å². The molecular weight excluding hydrogens is 278 g/mol. The Balaban J connectivity index is 2.49. The van der Waals surface area contributed by atoms with Gasteiger partial charge in [0.2, 0.25) is 0 Å². The van der Waals surface area contributed by atoms with Crippen molar-refractivity contribution in [1.29, 1.82) is 0 Å². The number of hydrogen-bond acceptors (Lipinski definition) is 4. The molecule has 1 rings (SSSR count). The van der Waals surface area contributed by atoms with Crippen LogP contribution in [0.2, 0.25) is 5.02 Å². The number of halogens is 1. The topological polar surface area (TPSA) is 56.1 Å². The highest BCUT2D eigenvalue weighted by molar-refractivity contribution is 6.32. The van der Waals surface area contributed by atoms with Crippen molar-refractivity contribution in [3.63, 3.8) is 0 Å². The molecule has 0 aliphatic heterocycles. The Hall–Kier alpha value is -1.51. The first kappa shape index (κ1) is 16.5. The van der Waals surface area contributed by atoms with E-state index in [2.05, 4.69) is 16.3 Å². The predicted molar refractivity (Wildman–Crippen MR) is 81.2 cm³/mol. The minimum atomic E-state index is -0.297. The lowest BCUT2D eigenvalue weighted by atomic mass is 10.3. The molecule has 0 bridgehead atoms. The molecule has 5 nitrogen and oxygen atoms in total. The Kier molecular flexibility index (Phi) is 7.13. The fourth-order valence-corrected chi connectivity index (χ4v) is 1.78. The van der Waals surface area contributed by atoms with Crippen molar-refractivity contribution in [1.82, 2.24) is 9.78 Å². The molecule has 0 unspecified atom stereocenters. The quantitative estimate of drug-likeness (QED) is 0.590. The Morgan fingerprint density at radius 2 is 2.30 bits per heavy atom. The van der Waals surface area contributed by atoms with Crippen LogP contribution in [0.25, 0.3) is 0 Å². The lowest BCUT2D eigenvalue weighted by Crippen LogP contribution is -2.26. The second kappa shape index (κ2) is 8.62. The van der Waals surface area contributed by atoms with Gasteiger partial charge in [0.15, 0.2) is 0 Å². The minimum absolute atomic E-state index is 0.132. The van der Waals surface area contributed by atoms with E-state index in [9.17, 15) is 4.79 Å². The molecule has 1 aromatic heterocycles. The third-order valence-corrected chi connectivity index (χ3v) is 2.85. The first-order chi connectivity index (χ1) is 9.56. The van der Waals surface area contributed by atoms with Gasteiger partial charge in [-0.05, 0) is 26.7 Å². The molecule has 0 atom stereocenters. The zero-order valence-electron chi connectivity index (χ0n) is 11.9. The van der Waals surface area contributed by atoms with Crippen LogP contribution in [0.1, 0.15) is 26.7 Å². The van der Waals surface area contributed by atoms with E-state index in [-0.39, 0.29) is 18.2 Å². The number of aromatic nitrogens is 2. The highest BCUT2D eigenvalue weighted by Crippen LogP contribution is 2.14. The van der Waals surface area contributed by atoms with Crippen LogP contribution in [0.5, 0.6) is 0 Å². The predicted octanol–water partition coefficient (Wildman–Crippen LogP) is 2.15. The van der Waals surface area contributed by atoms with Gasteiger partial charge in [0, 0.05) is 13.2 Å². The van der Waals surface area contributed by atoms with Gasteiger partial charge in [0.05, 0.1) is 17.3 Å². The molecule has 20 heavy (non-hydrogen) atoms. The molecule has 0 saturated heterocycles. The van der Waals surface area contributed by atoms with E-state index in [4.69, 9.17) is 22.8 Å². The number of nitrogens with zero attached hydrogens (tertiary/aromatic N) is 2. The third kappa shape index (κ3) is 5.24. The van der Waals surface area contributed by atoms with E-state index in [1.165, 1.54) is 10.9 Å². The summed E-state index contributed by atoms with van der Waals surface area (Å²) in [5, 5.41) is 7.22. The number of terminal acetylenes is 1. The van der Waals surface area contributed by atoms with Crippen LogP contribution in [-0.4, -0.2) is 29.0 Å². The molecule has 6 heteroatoms. The van der Waals surface area contributed by atoms with Gasteiger partial charge >= 0.3 is 0 Å². The van der Waals surface area contributed by atoms with Gasteiger partial charge in [-0.1, -0.05) is 17.5 Å². The standard InChI is InChI=1S/C14H20ClN3O2/c1-4-8-18-14(19)13(12(15)10-17-18)16-7-5-6-9-20-11(2)3/h1,10-11,16H,5-9H2,2-3H3. The van der Waals surface area contributed by atoms with Crippen molar-refractivity contribution in [3.05, 3.63) is 21.6 Å². The zero-order chi connectivity index (χ0) is 15.0. The summed E-state index contributed by atoms with van der Waals surface area (Å²) >= 11 is 5.97. The summed E-state index contributed by atoms with van der Waals surface area (Å²) in [6.07, 6.45) is 8.66. The Bertz CT molecular complexity index is 520. The van der Waals surface area contributed by atoms with Crippen molar-refractivity contribution in [2.24, 2.45) is 0 Å². The van der Waals surface area contributed by atoms with Crippen molar-refractivity contribution in [3.8, 4) is 12.3 Å². The molecule has 0 aliphatic carbocycles. The molecule has 1 aromatic rings. The first-order valence-electron chi connectivity index (χ1n) is 6.60. The summed E-state index contributed by atoms with van der Waals surface area (Å²) in [5.41, 5.74) is 0.0515. The summed E-state index contributed by atoms with van der Waals surface area (Å²) < 4.78 is 6.65. The first-order valence-corrected chi connectivity index (χ1v) is 6.98. The van der Waals surface area contributed by atoms with Gasteiger partial charge < -0.3 is 10.1 Å². The van der Waals surface area contributed by atoms with Crippen LogP contribution in [-0.2, 0) is 11.3 Å². The summed E-state index contributed by atoms with van der Waals surface area (Å²) in [4.78, 5) is 12.0. The van der Waals surface area contributed by atoms with Gasteiger partial charge in [-0.2, -0.15) is 5.10 Å². The molecule has 0 fully saturated rings. The lowest BCUT2D eigenvalue weighted by molar-refractivity contribution is 0.0765. The molecule has 0 aromatic carbocycles. The summed E-state index contributed by atoms with van der Waals surface area (Å²) in [6, 6.07) is 0. The largest absolute Gasteiger partial charge is 0.379 e. The smallest absolute Gasteiger partial charge is 0.292 e. The molecule has 0 aliphatic rings. The molecule has 110 valence electrons. The number of anilines is 1. The average molecular weight is 298 g/mol. The van der Waals surface area contributed by atoms with Crippen LogP contribution in [0, 0.1) is 12.3 Å². The highest BCUT2D eigenvalue weighted by Gasteiger charge is 2.08. The molecule has 0 saturated carbocycles. The number of hydrogen-bond donors (Lipinski definition) is 1. The normalized spacial score (nSPS) is 10.6. The maximum atomic E-state index is 12.0. The van der Waals surface area contributed by atoms with Crippen LogP contribution < -0.4 is 10.9 Å². The summed E-state index contributed by atoms with van der Waals surface area (Å²) in [5.74, 6) is 2.38. The molecule has 1 heterocycles. The van der Waals surface area contributed by atoms with Gasteiger partial charge in [-0.3, -0.25) is 4.79 Å². The Morgan fingerprint density at radius 3 is 2.95 bits per heavy atom. The number of unbranched alkanes of at least 4 members (excludes halogenated alkanes) is 1. The number of rotatable bonds is 8. The minimum Gasteiger partial charge on any atom is -0.379 e. The SMILES string of the molecule is C#CCn1ncc(Cl)c(NCCCCOC(C)C)c1=O. The monoisotopic (exact) mass is 297 g/mol.